The molecule has 0 aromatic heterocycles. The van der Waals surface area contributed by atoms with Gasteiger partial charge in [0.15, 0.2) is 5.76 Å². The van der Waals surface area contributed by atoms with Crippen molar-refractivity contribution in [3.05, 3.63) is 41.2 Å². The molecule has 0 aliphatic carbocycles. The lowest BCUT2D eigenvalue weighted by Gasteiger charge is -2.25. The number of hydrogen-bond acceptors (Lipinski definition) is 6. The van der Waals surface area contributed by atoms with Crippen LogP contribution in [0.3, 0.4) is 0 Å². The number of carbonyl (C=O) groups is 2. The maximum Gasteiger partial charge on any atom is 0.337 e. The first-order chi connectivity index (χ1) is 12.0. The van der Waals surface area contributed by atoms with Gasteiger partial charge in [0.05, 0.1) is 37.5 Å². The van der Waals surface area contributed by atoms with Crippen LogP contribution < -0.4 is 0 Å². The zero-order valence-electron chi connectivity index (χ0n) is 15.0. The van der Waals surface area contributed by atoms with Crippen molar-refractivity contribution in [2.75, 3.05) is 13.7 Å². The third-order valence-corrected chi connectivity index (χ3v) is 3.81. The molecule has 0 saturated carbocycles. The van der Waals surface area contributed by atoms with Gasteiger partial charge in [0.2, 0.25) is 0 Å². The number of benzene rings is 1. The maximum absolute atomic E-state index is 11.7. The van der Waals surface area contributed by atoms with Crippen LogP contribution in [0.4, 0.5) is 0 Å². The topological polar surface area (TPSA) is 74.2 Å². The van der Waals surface area contributed by atoms with E-state index >= 15 is 0 Å². The van der Waals surface area contributed by atoms with Gasteiger partial charge >= 0.3 is 11.9 Å². The van der Waals surface area contributed by atoms with E-state index < -0.39 is 5.97 Å². The van der Waals surface area contributed by atoms with Gasteiger partial charge in [-0.2, -0.15) is 0 Å². The molecule has 134 valence electrons. The van der Waals surface area contributed by atoms with E-state index in [1.165, 1.54) is 7.11 Å². The zero-order chi connectivity index (χ0) is 18.4. The molecule has 0 radical (unpaired) electrons. The number of esters is 2. The third kappa shape index (κ3) is 4.47. The fourth-order valence-corrected chi connectivity index (χ4v) is 2.27. The molecule has 0 bridgehead atoms. The molecule has 1 aliphatic rings. The van der Waals surface area contributed by atoms with Gasteiger partial charge in [0.25, 0.3) is 0 Å². The highest BCUT2D eigenvalue weighted by Crippen LogP contribution is 2.33. The van der Waals surface area contributed by atoms with Crippen molar-refractivity contribution in [2.24, 2.45) is 4.99 Å². The summed E-state index contributed by atoms with van der Waals surface area (Å²) in [5.41, 5.74) is 2.55. The van der Waals surface area contributed by atoms with E-state index in [1.54, 1.807) is 31.2 Å². The molecule has 1 heterocycles. The summed E-state index contributed by atoms with van der Waals surface area (Å²) < 4.78 is 15.6. The Morgan fingerprint density at radius 2 is 1.84 bits per heavy atom. The van der Waals surface area contributed by atoms with Gasteiger partial charge in [-0.05, 0) is 32.4 Å². The average molecular weight is 345 g/mol. The highest BCUT2D eigenvalue weighted by atomic mass is 16.5. The molecule has 0 amide bonds. The molecule has 6 nitrogen and oxygen atoms in total. The number of hydrogen-bond donors (Lipinski definition) is 0. The standard InChI is InChI=1S/C19H23NO5/c1-5-12(3)25-18-15(11-16(21)24-6-2)20-17(18)13-7-9-14(10-8-13)19(22)23-4/h7-10,12H,5-6,11H2,1-4H3. The van der Waals surface area contributed by atoms with E-state index in [4.69, 9.17) is 14.2 Å². The Morgan fingerprint density at radius 3 is 2.40 bits per heavy atom. The van der Waals surface area contributed by atoms with Gasteiger partial charge in [0.1, 0.15) is 5.70 Å². The first-order valence-corrected chi connectivity index (χ1v) is 8.33. The lowest BCUT2D eigenvalue weighted by molar-refractivity contribution is -0.141. The molecule has 25 heavy (non-hydrogen) atoms. The molecule has 1 unspecified atom stereocenters. The van der Waals surface area contributed by atoms with Crippen molar-refractivity contribution in [1.29, 1.82) is 0 Å². The minimum Gasteiger partial charge on any atom is -0.486 e. The number of aliphatic imine (C=N–C) groups is 1. The molecular weight excluding hydrogens is 322 g/mol. The minimum absolute atomic E-state index is 0.00652. The molecule has 1 aromatic carbocycles. The smallest absolute Gasteiger partial charge is 0.337 e. The van der Waals surface area contributed by atoms with E-state index in [2.05, 4.69) is 4.99 Å². The number of methoxy groups -OCH3 is 1. The zero-order valence-corrected chi connectivity index (χ0v) is 15.0. The van der Waals surface area contributed by atoms with Crippen LogP contribution in [-0.4, -0.2) is 37.5 Å². The summed E-state index contributed by atoms with van der Waals surface area (Å²) >= 11 is 0. The third-order valence-electron chi connectivity index (χ3n) is 3.81. The number of nitrogens with zero attached hydrogens (tertiary/aromatic N) is 1. The Labute approximate surface area is 147 Å². The van der Waals surface area contributed by atoms with Crippen LogP contribution in [-0.2, 0) is 19.0 Å². The summed E-state index contributed by atoms with van der Waals surface area (Å²) in [5, 5.41) is 0. The van der Waals surface area contributed by atoms with Crippen molar-refractivity contribution in [1.82, 2.24) is 0 Å². The van der Waals surface area contributed by atoms with Crippen LogP contribution >= 0.6 is 0 Å². The number of ether oxygens (including phenoxy) is 3. The van der Waals surface area contributed by atoms with E-state index in [0.29, 0.717) is 29.3 Å². The number of carbonyl (C=O) groups excluding carboxylic acids is 2. The quantitative estimate of drug-likeness (QED) is 0.675. The molecule has 0 fully saturated rings. The summed E-state index contributed by atoms with van der Waals surface area (Å²) in [6.07, 6.45) is 0.931. The van der Waals surface area contributed by atoms with Crippen LogP contribution in [0.2, 0.25) is 0 Å². The molecule has 2 rings (SSSR count). The van der Waals surface area contributed by atoms with Gasteiger partial charge in [-0.3, -0.25) is 4.79 Å². The monoisotopic (exact) mass is 345 g/mol. The lowest BCUT2D eigenvalue weighted by atomic mass is 10.0. The van der Waals surface area contributed by atoms with Crippen molar-refractivity contribution in [2.45, 2.75) is 39.7 Å². The summed E-state index contributed by atoms with van der Waals surface area (Å²) in [6, 6.07) is 6.92. The first-order valence-electron chi connectivity index (χ1n) is 8.33. The molecule has 1 aliphatic heterocycles. The number of rotatable bonds is 8. The van der Waals surface area contributed by atoms with Gasteiger partial charge in [-0.25, -0.2) is 9.79 Å². The average Bonchev–Trinajstić information content (AvgIpc) is 2.62. The molecule has 1 atom stereocenters. The second-order valence-electron chi connectivity index (χ2n) is 5.62. The normalized spacial score (nSPS) is 14.3. The van der Waals surface area contributed by atoms with Crippen LogP contribution in [0.1, 0.15) is 49.5 Å². The Hall–Kier alpha value is -2.63. The minimum atomic E-state index is -0.392. The van der Waals surface area contributed by atoms with Crippen molar-refractivity contribution in [3.8, 4) is 0 Å². The fraction of sp³-hybridized carbons (Fsp3) is 0.421. The van der Waals surface area contributed by atoms with Gasteiger partial charge in [-0.1, -0.05) is 19.1 Å². The Morgan fingerprint density at radius 1 is 1.16 bits per heavy atom. The van der Waals surface area contributed by atoms with Crippen LogP contribution in [0.15, 0.2) is 35.0 Å². The summed E-state index contributed by atoms with van der Waals surface area (Å²) in [4.78, 5) is 27.7. The lowest BCUT2D eigenvalue weighted by Crippen LogP contribution is -2.24. The van der Waals surface area contributed by atoms with Gasteiger partial charge < -0.3 is 14.2 Å². The Balaban J connectivity index is 2.21. The van der Waals surface area contributed by atoms with E-state index in [1.807, 2.05) is 13.8 Å². The van der Waals surface area contributed by atoms with Crippen molar-refractivity contribution >= 4 is 23.3 Å². The SMILES string of the molecule is CCOC(=O)CC1=NC(c2ccc(C(=O)OC)cc2)=C1OC(C)CC. The summed E-state index contributed by atoms with van der Waals surface area (Å²) in [6.45, 7) is 6.09. The largest absolute Gasteiger partial charge is 0.486 e. The molecule has 0 N–H and O–H groups in total. The Kier molecular flexibility index (Phi) is 6.33. The maximum atomic E-state index is 11.7. The highest BCUT2D eigenvalue weighted by Gasteiger charge is 2.29. The second-order valence-corrected chi connectivity index (χ2v) is 5.62. The van der Waals surface area contributed by atoms with E-state index in [-0.39, 0.29) is 18.5 Å². The predicted molar refractivity (Wildman–Crippen MR) is 94.2 cm³/mol. The van der Waals surface area contributed by atoms with Crippen LogP contribution in [0.25, 0.3) is 5.70 Å². The summed E-state index contributed by atoms with van der Waals surface area (Å²) in [5.74, 6) is -0.100. The van der Waals surface area contributed by atoms with E-state index in [9.17, 15) is 9.59 Å². The van der Waals surface area contributed by atoms with E-state index in [0.717, 1.165) is 12.0 Å². The molecule has 0 saturated heterocycles. The van der Waals surface area contributed by atoms with Crippen LogP contribution in [0.5, 0.6) is 0 Å². The Bertz CT molecular complexity index is 703. The molecule has 6 heteroatoms. The fourth-order valence-electron chi connectivity index (χ4n) is 2.27. The first kappa shape index (κ1) is 18.7. The highest BCUT2D eigenvalue weighted by molar-refractivity contribution is 6.19. The number of allylic oxidation sites excluding steroid dienone is 1. The van der Waals surface area contributed by atoms with Gasteiger partial charge in [-0.15, -0.1) is 0 Å². The molecule has 0 spiro atoms. The summed E-state index contributed by atoms with van der Waals surface area (Å²) in [7, 11) is 1.34. The predicted octanol–water partition coefficient (Wildman–Crippen LogP) is 3.36. The molecular formula is C19H23NO5. The van der Waals surface area contributed by atoms with Crippen molar-refractivity contribution in [3.63, 3.8) is 0 Å². The molecule has 1 aromatic rings. The van der Waals surface area contributed by atoms with Crippen LogP contribution in [0, 0.1) is 0 Å². The second kappa shape index (κ2) is 8.46. The van der Waals surface area contributed by atoms with Crippen molar-refractivity contribution < 1.29 is 23.8 Å². The van der Waals surface area contributed by atoms with Gasteiger partial charge in [0, 0.05) is 5.56 Å².